The van der Waals surface area contributed by atoms with E-state index in [2.05, 4.69) is 65.6 Å². The molecule has 0 radical (unpaired) electrons. The van der Waals surface area contributed by atoms with Crippen LogP contribution in [0, 0.1) is 0 Å². The van der Waals surface area contributed by atoms with Crippen LogP contribution in [0.2, 0.25) is 0 Å². The third kappa shape index (κ3) is 3.05. The van der Waals surface area contributed by atoms with Crippen LogP contribution in [-0.2, 0) is 6.42 Å². The lowest BCUT2D eigenvalue weighted by molar-refractivity contribution is 0.244. The number of hydrogen-bond donors (Lipinski definition) is 0. The first-order chi connectivity index (χ1) is 9.43. The fraction of sp³-hybridized carbons (Fsp3) is 0.333. The Bertz CT molecular complexity index is 486. The summed E-state index contributed by atoms with van der Waals surface area (Å²) >= 11 is 0. The van der Waals surface area contributed by atoms with Crippen molar-refractivity contribution < 1.29 is 0 Å². The Hall–Kier alpha value is -1.60. The molecule has 0 aromatic heterocycles. The van der Waals surface area contributed by atoms with Gasteiger partial charge in [-0.25, -0.2) is 0 Å². The van der Waals surface area contributed by atoms with Gasteiger partial charge in [-0.3, -0.25) is 4.90 Å². The molecule has 2 aromatic carbocycles. The molecule has 1 atom stereocenters. The molecule has 1 aliphatic rings. The Morgan fingerprint density at radius 1 is 0.789 bits per heavy atom. The van der Waals surface area contributed by atoms with Crippen molar-refractivity contribution >= 4 is 0 Å². The Morgan fingerprint density at radius 2 is 1.37 bits per heavy atom. The highest BCUT2D eigenvalue weighted by molar-refractivity contribution is 5.24. The zero-order valence-electron chi connectivity index (χ0n) is 11.3. The van der Waals surface area contributed by atoms with Crippen molar-refractivity contribution in [1.82, 2.24) is 4.90 Å². The molecule has 1 fully saturated rings. The second-order valence-corrected chi connectivity index (χ2v) is 5.36. The predicted molar refractivity (Wildman–Crippen MR) is 80.1 cm³/mol. The van der Waals surface area contributed by atoms with Crippen LogP contribution in [0.1, 0.15) is 30.0 Å². The highest BCUT2D eigenvalue weighted by Crippen LogP contribution is 2.28. The molecule has 1 unspecified atom stereocenters. The molecule has 1 nitrogen and oxygen atoms in total. The lowest BCUT2D eigenvalue weighted by atomic mass is 9.97. The summed E-state index contributed by atoms with van der Waals surface area (Å²) in [5.41, 5.74) is 2.89. The summed E-state index contributed by atoms with van der Waals surface area (Å²) in [6.45, 7) is 2.48. The largest absolute Gasteiger partial charge is 0.296 e. The molecule has 0 aliphatic carbocycles. The van der Waals surface area contributed by atoms with Crippen LogP contribution in [0.15, 0.2) is 60.7 Å². The van der Waals surface area contributed by atoms with Crippen LogP contribution < -0.4 is 0 Å². The molecule has 0 N–H and O–H groups in total. The molecule has 19 heavy (non-hydrogen) atoms. The third-order valence-corrected chi connectivity index (χ3v) is 4.04. The average molecular weight is 251 g/mol. The minimum Gasteiger partial charge on any atom is -0.296 e. The van der Waals surface area contributed by atoms with E-state index in [0.29, 0.717) is 6.04 Å². The molecular formula is C18H21N. The average Bonchev–Trinajstić information content (AvgIpc) is 3.01. The molecule has 3 rings (SSSR count). The maximum atomic E-state index is 2.64. The smallest absolute Gasteiger partial charge is 0.0388 e. The van der Waals surface area contributed by atoms with Gasteiger partial charge in [0.05, 0.1) is 0 Å². The normalized spacial score (nSPS) is 17.5. The van der Waals surface area contributed by atoms with Gasteiger partial charge in [-0.15, -0.1) is 0 Å². The predicted octanol–water partition coefficient (Wildman–Crippen LogP) is 4.07. The van der Waals surface area contributed by atoms with Crippen molar-refractivity contribution in [3.63, 3.8) is 0 Å². The number of rotatable bonds is 4. The van der Waals surface area contributed by atoms with Gasteiger partial charge < -0.3 is 0 Å². The monoisotopic (exact) mass is 251 g/mol. The van der Waals surface area contributed by atoms with Gasteiger partial charge >= 0.3 is 0 Å². The lowest BCUT2D eigenvalue weighted by Gasteiger charge is -2.28. The van der Waals surface area contributed by atoms with Gasteiger partial charge in [0.2, 0.25) is 0 Å². The van der Waals surface area contributed by atoms with Crippen LogP contribution in [0.4, 0.5) is 0 Å². The number of likely N-dealkylation sites (tertiary alicyclic amines) is 1. The highest BCUT2D eigenvalue weighted by atomic mass is 15.2. The zero-order valence-corrected chi connectivity index (χ0v) is 11.3. The molecule has 1 heteroatoms. The van der Waals surface area contributed by atoms with E-state index in [9.17, 15) is 0 Å². The standard InChI is InChI=1S/C18H21N/c1-3-9-16(10-4-1)15-18(19-13-7-8-14-19)17-11-5-2-6-12-17/h1-6,9-12,18H,7-8,13-15H2. The quantitative estimate of drug-likeness (QED) is 0.792. The molecule has 2 aromatic rings. The van der Waals surface area contributed by atoms with Gasteiger partial charge in [-0.2, -0.15) is 0 Å². The number of benzene rings is 2. The van der Waals surface area contributed by atoms with Crippen LogP contribution in [-0.4, -0.2) is 18.0 Å². The maximum Gasteiger partial charge on any atom is 0.0388 e. The summed E-state index contributed by atoms with van der Waals surface area (Å²) in [6.07, 6.45) is 3.81. The third-order valence-electron chi connectivity index (χ3n) is 4.04. The molecule has 0 spiro atoms. The Labute approximate surface area is 115 Å². The van der Waals surface area contributed by atoms with Crippen LogP contribution in [0.5, 0.6) is 0 Å². The van der Waals surface area contributed by atoms with Crippen molar-refractivity contribution in [1.29, 1.82) is 0 Å². The Balaban J connectivity index is 1.84. The molecule has 1 aliphatic heterocycles. The van der Waals surface area contributed by atoms with Gasteiger partial charge in [0.15, 0.2) is 0 Å². The van der Waals surface area contributed by atoms with Crippen LogP contribution in [0.3, 0.4) is 0 Å². The van der Waals surface area contributed by atoms with E-state index in [4.69, 9.17) is 0 Å². The summed E-state index contributed by atoms with van der Waals surface area (Å²) in [7, 11) is 0. The van der Waals surface area contributed by atoms with Crippen molar-refractivity contribution in [2.75, 3.05) is 13.1 Å². The van der Waals surface area contributed by atoms with Crippen molar-refractivity contribution in [3.8, 4) is 0 Å². The van der Waals surface area contributed by atoms with E-state index < -0.39 is 0 Å². The lowest BCUT2D eigenvalue weighted by Crippen LogP contribution is -2.27. The van der Waals surface area contributed by atoms with E-state index in [0.717, 1.165) is 6.42 Å². The molecule has 1 heterocycles. The SMILES string of the molecule is c1ccc(CC(c2ccccc2)N2CCCC2)cc1. The first-order valence-corrected chi connectivity index (χ1v) is 7.26. The van der Waals surface area contributed by atoms with Gasteiger partial charge in [-0.05, 0) is 43.5 Å². The summed E-state index contributed by atoms with van der Waals surface area (Å²) < 4.78 is 0. The summed E-state index contributed by atoms with van der Waals surface area (Å²) in [5, 5.41) is 0. The molecule has 0 saturated carbocycles. The summed E-state index contributed by atoms with van der Waals surface area (Å²) in [5.74, 6) is 0. The van der Waals surface area contributed by atoms with Crippen molar-refractivity contribution in [2.24, 2.45) is 0 Å². The van der Waals surface area contributed by atoms with E-state index in [1.807, 2.05) is 0 Å². The fourth-order valence-corrected chi connectivity index (χ4v) is 3.02. The summed E-state index contributed by atoms with van der Waals surface area (Å²) in [6, 6.07) is 22.3. The van der Waals surface area contributed by atoms with Gasteiger partial charge in [0.25, 0.3) is 0 Å². The topological polar surface area (TPSA) is 3.24 Å². The molecular weight excluding hydrogens is 230 g/mol. The van der Waals surface area contributed by atoms with Gasteiger partial charge in [-0.1, -0.05) is 60.7 Å². The van der Waals surface area contributed by atoms with Crippen molar-refractivity contribution in [3.05, 3.63) is 71.8 Å². The molecule has 0 bridgehead atoms. The second kappa shape index (κ2) is 6.03. The molecule has 1 saturated heterocycles. The van der Waals surface area contributed by atoms with Crippen LogP contribution in [0.25, 0.3) is 0 Å². The van der Waals surface area contributed by atoms with Gasteiger partial charge in [0.1, 0.15) is 0 Å². The van der Waals surface area contributed by atoms with E-state index in [1.54, 1.807) is 0 Å². The van der Waals surface area contributed by atoms with Crippen molar-refractivity contribution in [2.45, 2.75) is 25.3 Å². The zero-order chi connectivity index (χ0) is 12.9. The van der Waals surface area contributed by atoms with Gasteiger partial charge in [0, 0.05) is 6.04 Å². The minimum atomic E-state index is 0.533. The first-order valence-electron chi connectivity index (χ1n) is 7.26. The van der Waals surface area contributed by atoms with Crippen LogP contribution >= 0.6 is 0 Å². The first kappa shape index (κ1) is 12.4. The maximum absolute atomic E-state index is 2.64. The van der Waals surface area contributed by atoms with E-state index in [1.165, 1.54) is 37.1 Å². The Kier molecular flexibility index (Phi) is 3.95. The Morgan fingerprint density at radius 3 is 2.00 bits per heavy atom. The highest BCUT2D eigenvalue weighted by Gasteiger charge is 2.23. The number of hydrogen-bond acceptors (Lipinski definition) is 1. The van der Waals surface area contributed by atoms with E-state index >= 15 is 0 Å². The summed E-state index contributed by atoms with van der Waals surface area (Å²) in [4.78, 5) is 2.64. The van der Waals surface area contributed by atoms with E-state index in [-0.39, 0.29) is 0 Å². The molecule has 0 amide bonds. The minimum absolute atomic E-state index is 0.533. The number of nitrogens with zero attached hydrogens (tertiary/aromatic N) is 1. The second-order valence-electron chi connectivity index (χ2n) is 5.36. The fourth-order valence-electron chi connectivity index (χ4n) is 3.02. The molecule has 98 valence electrons.